The summed E-state index contributed by atoms with van der Waals surface area (Å²) < 4.78 is 2.06. The van der Waals surface area contributed by atoms with Crippen LogP contribution in [0.25, 0.3) is 0 Å². The van der Waals surface area contributed by atoms with Gasteiger partial charge in [-0.25, -0.2) is 30.2 Å². The Balaban J connectivity index is 3.06. The van der Waals surface area contributed by atoms with E-state index in [2.05, 4.69) is 46.8 Å². The highest BCUT2D eigenvalue weighted by Crippen LogP contribution is 1.82. The molecule has 0 aliphatic heterocycles. The molecule has 1 radical (unpaired) electrons. The average molecular weight is 304 g/mol. The lowest BCUT2D eigenvalue weighted by molar-refractivity contribution is 1.04. The van der Waals surface area contributed by atoms with Crippen LogP contribution >= 0.6 is 20.3 Å². The molecule has 0 spiro atoms. The second kappa shape index (κ2) is 4.88. The first-order valence-corrected chi connectivity index (χ1v) is 11.4. The van der Waals surface area contributed by atoms with Crippen LogP contribution in [0.1, 0.15) is 5.82 Å². The third kappa shape index (κ3) is 2.94. The third-order valence-electron chi connectivity index (χ3n) is 1.40. The van der Waals surface area contributed by atoms with E-state index in [-0.39, 0.29) is 11.9 Å². The van der Waals surface area contributed by atoms with E-state index in [4.69, 9.17) is 0 Å². The average Bonchev–Trinajstić information content (AvgIpc) is 2.03. The first-order valence-electron chi connectivity index (χ1n) is 3.79. The number of hydrogen-bond acceptors (Lipinski definition) is 3. The van der Waals surface area contributed by atoms with Crippen molar-refractivity contribution < 1.29 is 0 Å². The smallest absolute Gasteiger partial charge is 0.258 e. The van der Waals surface area contributed by atoms with Gasteiger partial charge in [0.1, 0.15) is 5.82 Å². The predicted molar refractivity (Wildman–Crippen MR) is 61.1 cm³/mol. The number of hydrogen-bond donors (Lipinski definition) is 0. The molecule has 0 aromatic carbocycles. The van der Waals surface area contributed by atoms with Gasteiger partial charge in [-0.1, -0.05) is 11.6 Å². The Bertz CT molecular complexity index is 279. The molecule has 0 bridgehead atoms. The molecule has 0 unspecified atom stereocenters. The van der Waals surface area contributed by atoms with Gasteiger partial charge in [-0.3, -0.25) is 4.98 Å². The second-order valence-corrected chi connectivity index (χ2v) is 8.29. The van der Waals surface area contributed by atoms with Gasteiger partial charge in [0.15, 0.2) is 0 Å². The van der Waals surface area contributed by atoms with Crippen LogP contribution in [0.4, 0.5) is 0 Å². The van der Waals surface area contributed by atoms with Crippen molar-refractivity contribution in [2.24, 2.45) is 0 Å². The van der Waals surface area contributed by atoms with Crippen molar-refractivity contribution in [1.29, 1.82) is 0 Å². The number of aromatic nitrogens is 3. The fourth-order valence-corrected chi connectivity index (χ4v) is 3.07. The fourth-order valence-electron chi connectivity index (χ4n) is 0.831. The normalized spacial score (nSPS) is 9.67. The molecule has 0 aliphatic carbocycles. The molecule has 12 heavy (non-hydrogen) atoms. The summed E-state index contributed by atoms with van der Waals surface area (Å²) in [5.74, 6) is 5.35. The Kier molecular flexibility index (Phi) is 4.43. The fraction of sp³-hybridized carbons (Fsp3) is 0.500. The minimum atomic E-state index is -0.851. The number of rotatable bonds is 2. The summed E-state index contributed by atoms with van der Waals surface area (Å²) >= 11 is 1.70. The standard InChI is InChI=1S/C4H3N3.2CH3.2Al.HI/c1-4-6-2-5-3-7-4;;;;;/h1H3;2*1H3;;;1H/q;;;;+1;/p-1. The van der Waals surface area contributed by atoms with Crippen LogP contribution in [0, 0.1) is 6.92 Å². The zero-order valence-corrected chi connectivity index (χ0v) is 11.8. The van der Waals surface area contributed by atoms with Gasteiger partial charge in [0.25, 0.3) is 0 Å². The maximum Gasteiger partial charge on any atom is 0.419 e. The summed E-state index contributed by atoms with van der Waals surface area (Å²) in [4.78, 5) is 13.0. The van der Waals surface area contributed by atoms with Crippen LogP contribution in [-0.2, 0) is 0 Å². The molecular weight excluding hydrogens is 295 g/mol. The van der Waals surface area contributed by atoms with Gasteiger partial charge in [-0.05, 0) is 6.92 Å². The molecule has 0 amide bonds. The molecule has 0 saturated carbocycles. The van der Waals surface area contributed by atoms with E-state index in [0.29, 0.717) is 0 Å². The number of aryl methyl sites for hydroxylation is 1. The molecule has 61 valence electrons. The van der Waals surface area contributed by atoms with Gasteiger partial charge in [0, 0.05) is 4.69 Å². The summed E-state index contributed by atoms with van der Waals surface area (Å²) in [5.41, 5.74) is 0. The van der Waals surface area contributed by atoms with Crippen molar-refractivity contribution in [2.75, 3.05) is 0 Å². The van der Waals surface area contributed by atoms with Crippen LogP contribution in [0.2, 0.25) is 11.6 Å². The minimum Gasteiger partial charge on any atom is -0.258 e. The topological polar surface area (TPSA) is 38.7 Å². The van der Waals surface area contributed by atoms with Crippen LogP contribution in [0.5, 0.6) is 0 Å². The Morgan fingerprint density at radius 1 is 1.25 bits per heavy atom. The van der Waals surface area contributed by atoms with Crippen molar-refractivity contribution in [2.45, 2.75) is 18.5 Å². The van der Waals surface area contributed by atoms with Gasteiger partial charge in [-0.2, -0.15) is 0 Å². The molecule has 0 N–H and O–H groups in total. The van der Waals surface area contributed by atoms with E-state index in [1.54, 1.807) is 0 Å². The monoisotopic (exact) mass is 304 g/mol. The zero-order valence-electron chi connectivity index (χ0n) is 7.37. The first-order chi connectivity index (χ1) is 5.63. The molecule has 0 saturated heterocycles. The zero-order chi connectivity index (χ0) is 9.14. The number of halogens is 1. The lowest BCUT2D eigenvalue weighted by Crippen LogP contribution is -2.38. The van der Waals surface area contributed by atoms with Crippen LogP contribution in [-0.4, -0.2) is 41.0 Å². The summed E-state index contributed by atoms with van der Waals surface area (Å²) in [6.45, 7) is 1.94. The van der Waals surface area contributed by atoms with Crippen LogP contribution in [0.3, 0.4) is 0 Å². The molecule has 0 atom stereocenters. The molecule has 1 heterocycles. The van der Waals surface area contributed by atoms with Crippen molar-refractivity contribution in [3.05, 3.63) is 5.82 Å². The van der Waals surface area contributed by atoms with E-state index in [9.17, 15) is 0 Å². The molecule has 0 aliphatic rings. The molecule has 1 rings (SSSR count). The van der Waals surface area contributed by atoms with Crippen LogP contribution < -0.4 is 9.37 Å². The first kappa shape index (κ1) is 10.9. The van der Waals surface area contributed by atoms with Gasteiger partial charge in [0.05, 0.1) is 4.69 Å². The molecule has 3 nitrogen and oxygen atoms in total. The molecule has 0 fully saturated rings. The van der Waals surface area contributed by atoms with Crippen molar-refractivity contribution in [1.82, 2.24) is 15.0 Å². The molecular formula is C6H9Al2IN3. The summed E-state index contributed by atoms with van der Waals surface area (Å²) in [6, 6.07) is 0. The highest BCUT2D eigenvalue weighted by atomic mass is 127. The van der Waals surface area contributed by atoms with E-state index < -0.39 is 14.1 Å². The van der Waals surface area contributed by atoms with E-state index in [1.807, 2.05) is 6.92 Å². The second-order valence-electron chi connectivity index (χ2n) is 2.86. The van der Waals surface area contributed by atoms with E-state index in [1.165, 1.54) is 0 Å². The van der Waals surface area contributed by atoms with Crippen molar-refractivity contribution >= 4 is 55.7 Å². The Morgan fingerprint density at radius 2 is 1.92 bits per heavy atom. The lowest BCUT2D eigenvalue weighted by atomic mass is 10.7. The maximum absolute atomic E-state index is 4.42. The molecule has 1 aromatic heterocycles. The number of nitrogens with zero attached hydrogens (tertiary/aromatic N) is 3. The summed E-state index contributed by atoms with van der Waals surface area (Å²) in [5, 5.41) is 0. The van der Waals surface area contributed by atoms with Crippen LogP contribution in [0.15, 0.2) is 0 Å². The van der Waals surface area contributed by atoms with Gasteiger partial charge < -0.3 is 0 Å². The highest BCUT2D eigenvalue weighted by Gasteiger charge is 2.12. The van der Waals surface area contributed by atoms with Gasteiger partial charge >= 0.3 is 26.1 Å². The predicted octanol–water partition coefficient (Wildman–Crippen LogP) is -0.179. The Labute approximate surface area is 94.2 Å². The summed E-state index contributed by atoms with van der Waals surface area (Å²) in [7, 11) is 0. The third-order valence-corrected chi connectivity index (χ3v) is 4.81. The maximum atomic E-state index is 4.42. The lowest BCUT2D eigenvalue weighted by Gasteiger charge is -2.03. The molecule has 6 heteroatoms. The summed E-state index contributed by atoms with van der Waals surface area (Å²) in [6.07, 6.45) is 0. The Morgan fingerprint density at radius 3 is 2.42 bits per heavy atom. The quantitative estimate of drug-likeness (QED) is 0.562. The highest BCUT2D eigenvalue weighted by molar-refractivity contribution is 14.1. The largest absolute Gasteiger partial charge is 0.419 e. The SMILES string of the molecule is Cc1n[c]([Al][I])n[c]([Al]([CH3])[CH3])n1. The van der Waals surface area contributed by atoms with E-state index in [0.717, 1.165) is 15.2 Å². The van der Waals surface area contributed by atoms with E-state index >= 15 is 0 Å². The van der Waals surface area contributed by atoms with Crippen molar-refractivity contribution in [3.8, 4) is 0 Å². The molecule has 1 aromatic rings. The Hall–Kier alpha value is 0.805. The van der Waals surface area contributed by atoms with Gasteiger partial charge in [0.2, 0.25) is 0 Å². The van der Waals surface area contributed by atoms with Gasteiger partial charge in [-0.15, -0.1) is 0 Å². The minimum absolute atomic E-state index is 0.196. The van der Waals surface area contributed by atoms with Crippen molar-refractivity contribution in [3.63, 3.8) is 0 Å².